The predicted molar refractivity (Wildman–Crippen MR) is 98.5 cm³/mol. The van der Waals surface area contributed by atoms with Gasteiger partial charge in [0.05, 0.1) is 17.3 Å². The van der Waals surface area contributed by atoms with Gasteiger partial charge >= 0.3 is 0 Å². The minimum absolute atomic E-state index is 0.0655. The average Bonchev–Trinajstić information content (AvgIpc) is 3.02. The maximum Gasteiger partial charge on any atom is 0.262 e. The van der Waals surface area contributed by atoms with Crippen molar-refractivity contribution < 1.29 is 14.3 Å². The van der Waals surface area contributed by atoms with Crippen LogP contribution in [0, 0.1) is 0 Å². The molecule has 1 heterocycles. The molecule has 3 aromatic rings. The minimum Gasteiger partial charge on any atom is -0.497 e. The summed E-state index contributed by atoms with van der Waals surface area (Å²) < 4.78 is 12.7. The molecule has 0 aliphatic heterocycles. The Bertz CT molecular complexity index is 864. The topological polar surface area (TPSA) is 60.5 Å². The molecule has 0 saturated carbocycles. The molecule has 0 aliphatic carbocycles. The molecule has 2 aromatic carbocycles. The van der Waals surface area contributed by atoms with Crippen LogP contribution in [-0.4, -0.2) is 30.9 Å². The molecule has 5 nitrogen and oxygen atoms in total. The molecule has 1 amide bonds. The second-order valence-corrected chi connectivity index (χ2v) is 6.97. The van der Waals surface area contributed by atoms with Gasteiger partial charge in [0.25, 0.3) is 5.91 Å². The number of thiazole rings is 1. The van der Waals surface area contributed by atoms with E-state index in [1.54, 1.807) is 42.3 Å². The quantitative estimate of drug-likeness (QED) is 0.672. The maximum atomic E-state index is 12.1. The molecule has 0 aliphatic rings. The van der Waals surface area contributed by atoms with Crippen LogP contribution in [0.2, 0.25) is 0 Å². The van der Waals surface area contributed by atoms with Gasteiger partial charge in [-0.1, -0.05) is 17.8 Å². The fraction of sp³-hybridized carbons (Fsp3) is 0.176. The highest BCUT2D eigenvalue weighted by molar-refractivity contribution is 8.00. The van der Waals surface area contributed by atoms with Gasteiger partial charge in [-0.25, -0.2) is 4.98 Å². The molecule has 0 fully saturated rings. The number of hydrogen-bond acceptors (Lipinski definition) is 6. The van der Waals surface area contributed by atoms with Gasteiger partial charge in [0.15, 0.2) is 10.9 Å². The molecule has 124 valence electrons. The van der Waals surface area contributed by atoms with Crippen molar-refractivity contribution in [1.29, 1.82) is 0 Å². The summed E-state index contributed by atoms with van der Waals surface area (Å²) in [6.07, 6.45) is 2.00. The van der Waals surface area contributed by atoms with Crippen molar-refractivity contribution in [3.8, 4) is 11.5 Å². The summed E-state index contributed by atoms with van der Waals surface area (Å²) in [6.45, 7) is -0.0655. The second kappa shape index (κ2) is 7.55. The number of aromatic nitrogens is 1. The first kappa shape index (κ1) is 16.6. The zero-order chi connectivity index (χ0) is 16.9. The van der Waals surface area contributed by atoms with Crippen molar-refractivity contribution >= 4 is 44.9 Å². The molecular weight excluding hydrogens is 344 g/mol. The van der Waals surface area contributed by atoms with E-state index >= 15 is 0 Å². The van der Waals surface area contributed by atoms with E-state index in [-0.39, 0.29) is 12.5 Å². The van der Waals surface area contributed by atoms with Crippen LogP contribution >= 0.6 is 23.1 Å². The van der Waals surface area contributed by atoms with Gasteiger partial charge in [-0.3, -0.25) is 4.79 Å². The van der Waals surface area contributed by atoms with Crippen LogP contribution in [0.1, 0.15) is 0 Å². The van der Waals surface area contributed by atoms with E-state index in [1.165, 1.54) is 0 Å². The van der Waals surface area contributed by atoms with Gasteiger partial charge in [0.1, 0.15) is 11.5 Å². The van der Waals surface area contributed by atoms with E-state index in [1.807, 2.05) is 36.6 Å². The number of ether oxygens (including phenoxy) is 2. The first-order valence-corrected chi connectivity index (χ1v) is 9.23. The Morgan fingerprint density at radius 3 is 2.88 bits per heavy atom. The smallest absolute Gasteiger partial charge is 0.262 e. The molecule has 0 atom stereocenters. The molecule has 1 aromatic heterocycles. The number of nitrogens with one attached hydrogen (secondary N) is 1. The third-order valence-corrected chi connectivity index (χ3v) is 5.24. The Morgan fingerprint density at radius 2 is 2.08 bits per heavy atom. The minimum atomic E-state index is -0.216. The number of benzene rings is 2. The summed E-state index contributed by atoms with van der Waals surface area (Å²) in [5, 5.41) is 2.84. The summed E-state index contributed by atoms with van der Waals surface area (Å²) in [4.78, 5) is 16.5. The lowest BCUT2D eigenvalue weighted by Crippen LogP contribution is -2.20. The number of thioether (sulfide) groups is 1. The second-order valence-electron chi connectivity index (χ2n) is 4.88. The van der Waals surface area contributed by atoms with Crippen LogP contribution in [0.15, 0.2) is 46.8 Å². The molecule has 3 rings (SSSR count). The van der Waals surface area contributed by atoms with E-state index in [4.69, 9.17) is 9.47 Å². The Hall–Kier alpha value is -2.25. The highest BCUT2D eigenvalue weighted by atomic mass is 32.2. The summed E-state index contributed by atoms with van der Waals surface area (Å²) in [6, 6.07) is 12.8. The third-order valence-electron chi connectivity index (χ3n) is 3.24. The fourth-order valence-electron chi connectivity index (χ4n) is 2.11. The van der Waals surface area contributed by atoms with Crippen molar-refractivity contribution in [2.75, 3.05) is 25.3 Å². The average molecular weight is 360 g/mol. The number of hydrogen-bond donors (Lipinski definition) is 1. The van der Waals surface area contributed by atoms with Crippen LogP contribution in [0.25, 0.3) is 10.2 Å². The number of anilines is 1. The van der Waals surface area contributed by atoms with E-state index in [0.29, 0.717) is 11.5 Å². The normalized spacial score (nSPS) is 10.6. The van der Waals surface area contributed by atoms with Gasteiger partial charge in [0.2, 0.25) is 0 Å². The summed E-state index contributed by atoms with van der Waals surface area (Å²) in [5.74, 6) is 1.06. The largest absolute Gasteiger partial charge is 0.497 e. The summed E-state index contributed by atoms with van der Waals surface area (Å²) in [7, 11) is 1.59. The predicted octanol–water partition coefficient (Wildman–Crippen LogP) is 4.04. The standard InChI is InChI=1S/C17H16N2O3S2/c1-21-12-4-3-5-13(9-12)22-10-16(20)18-11-6-7-14-15(8-11)24-17(19-14)23-2/h3-9H,10H2,1-2H3,(H,18,20). The van der Waals surface area contributed by atoms with Gasteiger partial charge in [-0.2, -0.15) is 0 Å². The Balaban J connectivity index is 1.61. The first-order chi connectivity index (χ1) is 11.7. The van der Waals surface area contributed by atoms with Crippen molar-refractivity contribution in [3.63, 3.8) is 0 Å². The number of carbonyl (C=O) groups excluding carboxylic acids is 1. The Kier molecular flexibility index (Phi) is 5.22. The Labute approximate surface area is 148 Å². The lowest BCUT2D eigenvalue weighted by atomic mass is 10.3. The van der Waals surface area contributed by atoms with E-state index in [9.17, 15) is 4.79 Å². The molecule has 0 saturated heterocycles. The van der Waals surface area contributed by atoms with Gasteiger partial charge < -0.3 is 14.8 Å². The number of fused-ring (bicyclic) bond motifs is 1. The molecule has 0 unspecified atom stereocenters. The van der Waals surface area contributed by atoms with Crippen LogP contribution < -0.4 is 14.8 Å². The van der Waals surface area contributed by atoms with Crippen LogP contribution in [0.3, 0.4) is 0 Å². The van der Waals surface area contributed by atoms with Crippen molar-refractivity contribution in [2.45, 2.75) is 4.34 Å². The van der Waals surface area contributed by atoms with Crippen LogP contribution in [0.4, 0.5) is 5.69 Å². The molecule has 1 N–H and O–H groups in total. The van der Waals surface area contributed by atoms with Crippen molar-refractivity contribution in [3.05, 3.63) is 42.5 Å². The van der Waals surface area contributed by atoms with Crippen LogP contribution in [-0.2, 0) is 4.79 Å². The summed E-state index contributed by atoms with van der Waals surface area (Å²) >= 11 is 3.22. The highest BCUT2D eigenvalue weighted by Crippen LogP contribution is 2.30. The molecule has 24 heavy (non-hydrogen) atoms. The molecule has 7 heteroatoms. The lowest BCUT2D eigenvalue weighted by Gasteiger charge is -2.08. The van der Waals surface area contributed by atoms with Crippen molar-refractivity contribution in [2.24, 2.45) is 0 Å². The summed E-state index contributed by atoms with van der Waals surface area (Å²) in [5.41, 5.74) is 1.67. The molecule has 0 radical (unpaired) electrons. The highest BCUT2D eigenvalue weighted by Gasteiger charge is 2.07. The van der Waals surface area contributed by atoms with E-state index < -0.39 is 0 Å². The van der Waals surface area contributed by atoms with Gasteiger partial charge in [-0.05, 0) is 36.6 Å². The maximum absolute atomic E-state index is 12.1. The van der Waals surface area contributed by atoms with Crippen LogP contribution in [0.5, 0.6) is 11.5 Å². The first-order valence-electron chi connectivity index (χ1n) is 7.19. The Morgan fingerprint density at radius 1 is 1.25 bits per heavy atom. The zero-order valence-corrected chi connectivity index (χ0v) is 14.9. The van der Waals surface area contributed by atoms with Crippen molar-refractivity contribution in [1.82, 2.24) is 4.98 Å². The number of methoxy groups -OCH3 is 1. The van der Waals surface area contributed by atoms with E-state index in [2.05, 4.69) is 10.3 Å². The molecule has 0 spiro atoms. The fourth-order valence-corrected chi connectivity index (χ4v) is 3.63. The number of nitrogens with zero attached hydrogens (tertiary/aromatic N) is 1. The van der Waals surface area contributed by atoms with E-state index in [0.717, 1.165) is 20.2 Å². The SMILES string of the molecule is COc1cccc(OCC(=O)Nc2ccc3nc(SC)sc3c2)c1. The van der Waals surface area contributed by atoms with Gasteiger partial charge in [0, 0.05) is 11.8 Å². The van der Waals surface area contributed by atoms with Gasteiger partial charge in [-0.15, -0.1) is 11.3 Å². The third kappa shape index (κ3) is 3.98. The lowest BCUT2D eigenvalue weighted by molar-refractivity contribution is -0.118. The zero-order valence-electron chi connectivity index (χ0n) is 13.2. The number of carbonyl (C=O) groups is 1. The molecular formula is C17H16N2O3S2. The number of rotatable bonds is 6. The molecule has 0 bridgehead atoms. The monoisotopic (exact) mass is 360 g/mol. The number of amides is 1.